The molecule has 4 nitrogen and oxygen atoms in total. The van der Waals surface area contributed by atoms with Crippen LogP contribution < -0.4 is 10.6 Å². The van der Waals surface area contributed by atoms with Crippen molar-refractivity contribution in [2.45, 2.75) is 52.1 Å². The number of piperazine rings is 1. The van der Waals surface area contributed by atoms with Gasteiger partial charge in [-0.1, -0.05) is 19.9 Å². The van der Waals surface area contributed by atoms with Crippen LogP contribution >= 0.6 is 0 Å². The fourth-order valence-electron chi connectivity index (χ4n) is 2.93. The van der Waals surface area contributed by atoms with Crippen molar-refractivity contribution in [2.75, 3.05) is 31.1 Å². The fraction of sp³-hybridized carbons (Fsp3) is 0.706. The summed E-state index contributed by atoms with van der Waals surface area (Å²) in [5.41, 5.74) is 7.42. The van der Waals surface area contributed by atoms with Gasteiger partial charge in [0.25, 0.3) is 0 Å². The van der Waals surface area contributed by atoms with Crippen LogP contribution in [0.1, 0.15) is 39.2 Å². The summed E-state index contributed by atoms with van der Waals surface area (Å²) in [7, 11) is 0. The molecule has 0 saturated carbocycles. The largest absolute Gasteiger partial charge is 0.354 e. The van der Waals surface area contributed by atoms with Crippen molar-refractivity contribution < 1.29 is 0 Å². The molecule has 2 atom stereocenters. The van der Waals surface area contributed by atoms with Gasteiger partial charge in [-0.05, 0) is 37.8 Å². The third kappa shape index (κ3) is 4.17. The number of hydrogen-bond acceptors (Lipinski definition) is 4. The number of aromatic nitrogens is 1. The summed E-state index contributed by atoms with van der Waals surface area (Å²) in [6.07, 6.45) is 5.05. The summed E-state index contributed by atoms with van der Waals surface area (Å²) in [5, 5.41) is 0. The lowest BCUT2D eigenvalue weighted by Gasteiger charge is -2.39. The number of nitrogens with zero attached hydrogens (tertiary/aromatic N) is 3. The zero-order chi connectivity index (χ0) is 15.2. The molecule has 1 aliphatic heterocycles. The third-order valence-corrected chi connectivity index (χ3v) is 4.70. The highest BCUT2D eigenvalue weighted by atomic mass is 15.3. The van der Waals surface area contributed by atoms with Crippen LogP contribution in [0.25, 0.3) is 0 Å². The minimum Gasteiger partial charge on any atom is -0.354 e. The summed E-state index contributed by atoms with van der Waals surface area (Å²) in [6.45, 7) is 11.1. The molecule has 2 heterocycles. The Balaban J connectivity index is 2.03. The molecule has 0 aromatic carbocycles. The van der Waals surface area contributed by atoms with Gasteiger partial charge in [0.05, 0.1) is 0 Å². The van der Waals surface area contributed by atoms with Gasteiger partial charge in [0.15, 0.2) is 0 Å². The Morgan fingerprint density at radius 2 is 1.90 bits per heavy atom. The number of hydrogen-bond donors (Lipinski definition) is 1. The molecule has 1 aromatic rings. The molecule has 0 amide bonds. The van der Waals surface area contributed by atoms with E-state index >= 15 is 0 Å². The Kier molecular flexibility index (Phi) is 6.00. The van der Waals surface area contributed by atoms with Crippen molar-refractivity contribution in [2.24, 2.45) is 5.73 Å². The highest BCUT2D eigenvalue weighted by Gasteiger charge is 2.22. The second-order valence-corrected chi connectivity index (χ2v) is 6.14. The summed E-state index contributed by atoms with van der Waals surface area (Å²) >= 11 is 0. The van der Waals surface area contributed by atoms with Gasteiger partial charge in [0, 0.05) is 44.5 Å². The van der Waals surface area contributed by atoms with Crippen LogP contribution in [0, 0.1) is 0 Å². The molecule has 0 bridgehead atoms. The number of pyridine rings is 1. The van der Waals surface area contributed by atoms with Crippen LogP contribution in [-0.2, 0) is 6.42 Å². The lowest BCUT2D eigenvalue weighted by Crippen LogP contribution is -2.50. The molecule has 1 fully saturated rings. The van der Waals surface area contributed by atoms with E-state index in [2.05, 4.69) is 41.6 Å². The lowest BCUT2D eigenvalue weighted by molar-refractivity contribution is 0.192. The first-order valence-corrected chi connectivity index (χ1v) is 8.34. The Morgan fingerprint density at radius 1 is 1.19 bits per heavy atom. The molecular weight excluding hydrogens is 260 g/mol. The van der Waals surface area contributed by atoms with Crippen LogP contribution in [0.4, 0.5) is 5.82 Å². The van der Waals surface area contributed by atoms with Crippen molar-refractivity contribution in [3.63, 3.8) is 0 Å². The minimum atomic E-state index is 0.231. The van der Waals surface area contributed by atoms with E-state index < -0.39 is 0 Å². The molecule has 2 N–H and O–H groups in total. The summed E-state index contributed by atoms with van der Waals surface area (Å²) < 4.78 is 0. The maximum atomic E-state index is 6.13. The van der Waals surface area contributed by atoms with E-state index in [-0.39, 0.29) is 6.04 Å². The summed E-state index contributed by atoms with van der Waals surface area (Å²) in [5.74, 6) is 1.14. The Labute approximate surface area is 129 Å². The number of anilines is 1. The zero-order valence-electron chi connectivity index (χ0n) is 13.8. The number of rotatable bonds is 6. The van der Waals surface area contributed by atoms with Crippen LogP contribution in [0.3, 0.4) is 0 Å². The summed E-state index contributed by atoms with van der Waals surface area (Å²) in [6, 6.07) is 5.12. The molecule has 0 aliphatic carbocycles. The van der Waals surface area contributed by atoms with Crippen molar-refractivity contribution in [3.8, 4) is 0 Å². The minimum absolute atomic E-state index is 0.231. The second-order valence-electron chi connectivity index (χ2n) is 6.14. The first-order chi connectivity index (χ1) is 10.2. The zero-order valence-corrected chi connectivity index (χ0v) is 13.8. The maximum Gasteiger partial charge on any atom is 0.131 e. The van der Waals surface area contributed by atoms with Crippen molar-refractivity contribution >= 4 is 5.82 Å². The molecule has 2 rings (SSSR count). The van der Waals surface area contributed by atoms with Crippen LogP contribution in [-0.4, -0.2) is 48.1 Å². The smallest absolute Gasteiger partial charge is 0.131 e. The van der Waals surface area contributed by atoms with Crippen molar-refractivity contribution in [1.29, 1.82) is 0 Å². The second kappa shape index (κ2) is 7.76. The molecule has 1 aromatic heterocycles. The average Bonchev–Trinajstić information content (AvgIpc) is 2.54. The molecule has 2 unspecified atom stereocenters. The Morgan fingerprint density at radius 3 is 2.52 bits per heavy atom. The topological polar surface area (TPSA) is 45.4 Å². The molecule has 4 heteroatoms. The average molecular weight is 290 g/mol. The highest BCUT2D eigenvalue weighted by molar-refractivity contribution is 5.47. The van der Waals surface area contributed by atoms with Crippen LogP contribution in [0.5, 0.6) is 0 Å². The molecule has 1 aliphatic rings. The van der Waals surface area contributed by atoms with E-state index in [4.69, 9.17) is 5.73 Å². The monoisotopic (exact) mass is 290 g/mol. The van der Waals surface area contributed by atoms with Gasteiger partial charge >= 0.3 is 0 Å². The van der Waals surface area contributed by atoms with E-state index in [0.717, 1.165) is 44.8 Å². The Bertz CT molecular complexity index is 427. The van der Waals surface area contributed by atoms with Gasteiger partial charge in [0.2, 0.25) is 0 Å². The van der Waals surface area contributed by atoms with E-state index in [0.29, 0.717) is 6.04 Å². The molecule has 0 spiro atoms. The van der Waals surface area contributed by atoms with E-state index in [1.165, 1.54) is 12.0 Å². The highest BCUT2D eigenvalue weighted by Crippen LogP contribution is 2.21. The van der Waals surface area contributed by atoms with E-state index in [1.54, 1.807) is 0 Å². The SMILES string of the molecule is CCC(N)Cc1cccnc1N1CCN(C(C)CC)CC1. The first-order valence-electron chi connectivity index (χ1n) is 8.34. The van der Waals surface area contributed by atoms with Gasteiger partial charge in [-0.15, -0.1) is 0 Å². The van der Waals surface area contributed by atoms with Gasteiger partial charge in [0.1, 0.15) is 5.82 Å². The van der Waals surface area contributed by atoms with Crippen LogP contribution in [0.15, 0.2) is 18.3 Å². The standard InChI is InChI=1S/C17H30N4/c1-4-14(3)20-9-11-21(12-10-20)17-15(7-6-8-19-17)13-16(18)5-2/h6-8,14,16H,4-5,9-13,18H2,1-3H3. The van der Waals surface area contributed by atoms with Crippen molar-refractivity contribution in [3.05, 3.63) is 23.9 Å². The van der Waals surface area contributed by atoms with E-state index in [1.807, 2.05) is 12.3 Å². The van der Waals surface area contributed by atoms with E-state index in [9.17, 15) is 0 Å². The first kappa shape index (κ1) is 16.2. The lowest BCUT2D eigenvalue weighted by atomic mass is 10.0. The molecule has 1 saturated heterocycles. The predicted octanol–water partition coefficient (Wildman–Crippen LogP) is 2.28. The molecule has 21 heavy (non-hydrogen) atoms. The normalized spacial score (nSPS) is 19.5. The van der Waals surface area contributed by atoms with Gasteiger partial charge in [-0.3, -0.25) is 4.90 Å². The van der Waals surface area contributed by atoms with Crippen molar-refractivity contribution in [1.82, 2.24) is 9.88 Å². The van der Waals surface area contributed by atoms with Gasteiger partial charge in [-0.25, -0.2) is 4.98 Å². The maximum absolute atomic E-state index is 6.13. The van der Waals surface area contributed by atoms with Crippen LogP contribution in [0.2, 0.25) is 0 Å². The van der Waals surface area contributed by atoms with Gasteiger partial charge in [-0.2, -0.15) is 0 Å². The fourth-order valence-corrected chi connectivity index (χ4v) is 2.93. The molecule has 0 radical (unpaired) electrons. The van der Waals surface area contributed by atoms with Gasteiger partial charge < -0.3 is 10.6 Å². The third-order valence-electron chi connectivity index (χ3n) is 4.70. The molecular formula is C17H30N4. The summed E-state index contributed by atoms with van der Waals surface area (Å²) in [4.78, 5) is 9.64. The molecule has 118 valence electrons. The predicted molar refractivity (Wildman–Crippen MR) is 89.7 cm³/mol. The quantitative estimate of drug-likeness (QED) is 0.873. The Hall–Kier alpha value is -1.13. The number of nitrogens with two attached hydrogens (primary N) is 1.